The first-order chi connectivity index (χ1) is 9.45. The third-order valence-corrected chi connectivity index (χ3v) is 2.78. The van der Waals surface area contributed by atoms with E-state index in [1.165, 1.54) is 25.3 Å². The summed E-state index contributed by atoms with van der Waals surface area (Å²) in [6.45, 7) is 4.01. The van der Waals surface area contributed by atoms with Gasteiger partial charge in [-0.1, -0.05) is 0 Å². The topological polar surface area (TPSA) is 67.4 Å². The lowest BCUT2D eigenvalue weighted by Crippen LogP contribution is -2.45. The first-order valence-corrected chi connectivity index (χ1v) is 6.29. The highest BCUT2D eigenvalue weighted by atomic mass is 19.1. The van der Waals surface area contributed by atoms with Gasteiger partial charge in [0.05, 0.1) is 6.61 Å². The summed E-state index contributed by atoms with van der Waals surface area (Å²) >= 11 is 0. The van der Waals surface area contributed by atoms with Gasteiger partial charge in [-0.25, -0.2) is 4.39 Å². The molecule has 0 spiro atoms. The molecule has 20 heavy (non-hydrogen) atoms. The van der Waals surface area contributed by atoms with Crippen LogP contribution in [0, 0.1) is 12.7 Å². The average Bonchev–Trinajstić information content (AvgIpc) is 2.38. The molecule has 1 atom stereocenters. The number of halogens is 1. The molecule has 0 heterocycles. The second-order valence-electron chi connectivity index (χ2n) is 4.44. The van der Waals surface area contributed by atoms with Crippen molar-refractivity contribution in [2.75, 3.05) is 20.3 Å². The molecule has 0 saturated heterocycles. The SMILES string of the molecule is COCCNC(=O)C(C)NC(=O)c1ccc(F)cc1C. The monoisotopic (exact) mass is 282 g/mol. The maximum absolute atomic E-state index is 13.0. The van der Waals surface area contributed by atoms with Gasteiger partial charge in [0.1, 0.15) is 11.9 Å². The van der Waals surface area contributed by atoms with E-state index in [-0.39, 0.29) is 5.91 Å². The molecule has 0 radical (unpaired) electrons. The van der Waals surface area contributed by atoms with Crippen LogP contribution in [0.2, 0.25) is 0 Å². The number of amides is 2. The van der Waals surface area contributed by atoms with E-state index in [4.69, 9.17) is 4.74 Å². The summed E-state index contributed by atoms with van der Waals surface area (Å²) in [5, 5.41) is 5.19. The number of aryl methyl sites for hydroxylation is 1. The number of methoxy groups -OCH3 is 1. The zero-order chi connectivity index (χ0) is 15.1. The summed E-state index contributed by atoms with van der Waals surface area (Å²) in [5.41, 5.74) is 0.873. The Bertz CT molecular complexity index is 491. The van der Waals surface area contributed by atoms with Crippen LogP contribution in [-0.4, -0.2) is 38.1 Å². The fraction of sp³-hybridized carbons (Fsp3) is 0.429. The second kappa shape index (κ2) is 7.59. The van der Waals surface area contributed by atoms with Crippen LogP contribution in [0.5, 0.6) is 0 Å². The second-order valence-corrected chi connectivity index (χ2v) is 4.44. The minimum Gasteiger partial charge on any atom is -0.383 e. The lowest BCUT2D eigenvalue weighted by atomic mass is 10.1. The van der Waals surface area contributed by atoms with Crippen molar-refractivity contribution in [1.82, 2.24) is 10.6 Å². The van der Waals surface area contributed by atoms with Crippen molar-refractivity contribution in [3.8, 4) is 0 Å². The molecular formula is C14H19FN2O3. The summed E-state index contributed by atoms with van der Waals surface area (Å²) in [6, 6.07) is 3.21. The normalized spacial score (nSPS) is 11.8. The van der Waals surface area contributed by atoms with Gasteiger partial charge in [0.15, 0.2) is 0 Å². The van der Waals surface area contributed by atoms with Gasteiger partial charge in [-0.05, 0) is 37.6 Å². The van der Waals surface area contributed by atoms with Crippen molar-refractivity contribution in [1.29, 1.82) is 0 Å². The van der Waals surface area contributed by atoms with Gasteiger partial charge in [0.25, 0.3) is 5.91 Å². The van der Waals surface area contributed by atoms with Crippen LogP contribution in [0.15, 0.2) is 18.2 Å². The molecule has 2 amide bonds. The maximum atomic E-state index is 13.0. The molecule has 0 saturated carbocycles. The highest BCUT2D eigenvalue weighted by Crippen LogP contribution is 2.10. The molecule has 0 aliphatic rings. The Morgan fingerprint density at radius 3 is 2.70 bits per heavy atom. The molecule has 0 bridgehead atoms. The first-order valence-electron chi connectivity index (χ1n) is 6.29. The molecule has 0 aliphatic heterocycles. The van der Waals surface area contributed by atoms with Crippen LogP contribution in [0.4, 0.5) is 4.39 Å². The van der Waals surface area contributed by atoms with Crippen molar-refractivity contribution in [3.05, 3.63) is 35.1 Å². The van der Waals surface area contributed by atoms with E-state index in [0.717, 1.165) is 0 Å². The van der Waals surface area contributed by atoms with E-state index >= 15 is 0 Å². The number of hydrogen-bond acceptors (Lipinski definition) is 3. The molecule has 0 aliphatic carbocycles. The molecular weight excluding hydrogens is 263 g/mol. The van der Waals surface area contributed by atoms with Crippen LogP contribution in [0.1, 0.15) is 22.8 Å². The predicted molar refractivity (Wildman–Crippen MR) is 73.0 cm³/mol. The molecule has 110 valence electrons. The summed E-state index contributed by atoms with van der Waals surface area (Å²) in [4.78, 5) is 23.7. The summed E-state index contributed by atoms with van der Waals surface area (Å²) in [5.74, 6) is -1.10. The predicted octanol–water partition coefficient (Wildman–Crippen LogP) is 1.02. The van der Waals surface area contributed by atoms with Crippen molar-refractivity contribution < 1.29 is 18.7 Å². The number of benzene rings is 1. The zero-order valence-electron chi connectivity index (χ0n) is 11.8. The van der Waals surface area contributed by atoms with Crippen molar-refractivity contribution in [3.63, 3.8) is 0 Å². The first kappa shape index (κ1) is 16.1. The lowest BCUT2D eigenvalue weighted by molar-refractivity contribution is -0.122. The van der Waals surface area contributed by atoms with Gasteiger partial charge >= 0.3 is 0 Å². The van der Waals surface area contributed by atoms with E-state index in [2.05, 4.69) is 10.6 Å². The van der Waals surface area contributed by atoms with E-state index in [1.807, 2.05) is 0 Å². The maximum Gasteiger partial charge on any atom is 0.252 e. The average molecular weight is 282 g/mol. The van der Waals surface area contributed by atoms with Gasteiger partial charge < -0.3 is 15.4 Å². The van der Waals surface area contributed by atoms with Crippen molar-refractivity contribution in [2.45, 2.75) is 19.9 Å². The fourth-order valence-corrected chi connectivity index (χ4v) is 1.65. The molecule has 0 aromatic heterocycles. The number of carbonyl (C=O) groups is 2. The number of rotatable bonds is 6. The van der Waals surface area contributed by atoms with Gasteiger partial charge in [-0.2, -0.15) is 0 Å². The Labute approximate surface area is 117 Å². The quantitative estimate of drug-likeness (QED) is 0.765. The number of hydrogen-bond donors (Lipinski definition) is 2. The standard InChI is InChI=1S/C14H19FN2O3/c1-9-8-11(15)4-5-12(9)14(19)17-10(2)13(18)16-6-7-20-3/h4-5,8,10H,6-7H2,1-3H3,(H,16,18)(H,17,19). The highest BCUT2D eigenvalue weighted by Gasteiger charge is 2.17. The van der Waals surface area contributed by atoms with Gasteiger partial charge in [0, 0.05) is 19.2 Å². The Balaban J connectivity index is 2.58. The Morgan fingerprint density at radius 1 is 1.40 bits per heavy atom. The van der Waals surface area contributed by atoms with Gasteiger partial charge in [0.2, 0.25) is 5.91 Å². The van der Waals surface area contributed by atoms with Crippen molar-refractivity contribution >= 4 is 11.8 Å². The molecule has 6 heteroatoms. The highest BCUT2D eigenvalue weighted by molar-refractivity contribution is 5.98. The van der Waals surface area contributed by atoms with Crippen LogP contribution in [-0.2, 0) is 9.53 Å². The molecule has 2 N–H and O–H groups in total. The van der Waals surface area contributed by atoms with Crippen molar-refractivity contribution in [2.24, 2.45) is 0 Å². The number of ether oxygens (including phenoxy) is 1. The smallest absolute Gasteiger partial charge is 0.252 e. The Hall–Kier alpha value is -1.95. The third kappa shape index (κ3) is 4.62. The minimum absolute atomic E-state index is 0.296. The molecule has 1 aromatic carbocycles. The molecule has 0 fully saturated rings. The van der Waals surface area contributed by atoms with Crippen LogP contribution < -0.4 is 10.6 Å². The molecule has 1 aromatic rings. The molecule has 5 nitrogen and oxygen atoms in total. The van der Waals surface area contributed by atoms with E-state index in [0.29, 0.717) is 24.3 Å². The minimum atomic E-state index is -0.677. The summed E-state index contributed by atoms with van der Waals surface area (Å²) in [7, 11) is 1.54. The number of nitrogens with one attached hydrogen (secondary N) is 2. The largest absolute Gasteiger partial charge is 0.383 e. The van der Waals surface area contributed by atoms with E-state index in [1.54, 1.807) is 13.8 Å². The van der Waals surface area contributed by atoms with Crippen LogP contribution >= 0.6 is 0 Å². The van der Waals surface area contributed by atoms with Gasteiger partial charge in [-0.15, -0.1) is 0 Å². The zero-order valence-corrected chi connectivity index (χ0v) is 11.8. The molecule has 1 rings (SSSR count). The Morgan fingerprint density at radius 2 is 2.10 bits per heavy atom. The third-order valence-electron chi connectivity index (χ3n) is 2.78. The summed E-state index contributed by atoms with van der Waals surface area (Å²) < 4.78 is 17.8. The van der Waals surface area contributed by atoms with Crippen LogP contribution in [0.25, 0.3) is 0 Å². The van der Waals surface area contributed by atoms with E-state index in [9.17, 15) is 14.0 Å². The number of carbonyl (C=O) groups excluding carboxylic acids is 2. The van der Waals surface area contributed by atoms with E-state index < -0.39 is 17.8 Å². The molecule has 1 unspecified atom stereocenters. The Kier molecular flexibility index (Phi) is 6.11. The lowest BCUT2D eigenvalue weighted by Gasteiger charge is -2.15. The van der Waals surface area contributed by atoms with Gasteiger partial charge in [-0.3, -0.25) is 9.59 Å². The summed E-state index contributed by atoms with van der Waals surface area (Å²) in [6.07, 6.45) is 0. The van der Waals surface area contributed by atoms with Crippen LogP contribution in [0.3, 0.4) is 0 Å². The fourth-order valence-electron chi connectivity index (χ4n) is 1.65.